The van der Waals surface area contributed by atoms with Crippen molar-refractivity contribution in [2.24, 2.45) is 5.92 Å². The fraction of sp³-hybridized carbons (Fsp3) is 0.938. The van der Waals surface area contributed by atoms with E-state index in [0.29, 0.717) is 5.92 Å². The van der Waals surface area contributed by atoms with Crippen molar-refractivity contribution in [1.29, 1.82) is 0 Å². The predicted octanol–water partition coefficient (Wildman–Crippen LogP) is 3.12. The summed E-state index contributed by atoms with van der Waals surface area (Å²) in [5, 5.41) is 2.94. The van der Waals surface area contributed by atoms with Gasteiger partial charge in [-0.05, 0) is 73.6 Å². The Hall–Kier alpha value is -0.460. The molecule has 1 fully saturated rings. The third-order valence-corrected chi connectivity index (χ3v) is 5.45. The zero-order chi connectivity index (χ0) is 17.1. The predicted molar refractivity (Wildman–Crippen MR) is 91.0 cm³/mol. The maximum Gasteiger partial charge on any atom is 0.407 e. The molecule has 1 saturated carbocycles. The molecule has 1 unspecified atom stereocenters. The van der Waals surface area contributed by atoms with E-state index >= 15 is 0 Å². The van der Waals surface area contributed by atoms with Gasteiger partial charge < -0.3 is 14.6 Å². The van der Waals surface area contributed by atoms with Gasteiger partial charge in [-0.25, -0.2) is 4.79 Å². The molecule has 5 nitrogen and oxygen atoms in total. The summed E-state index contributed by atoms with van der Waals surface area (Å²) in [6.07, 6.45) is 2.51. The number of carbonyl (C=O) groups is 1. The highest BCUT2D eigenvalue weighted by Gasteiger charge is 2.35. The summed E-state index contributed by atoms with van der Waals surface area (Å²) in [6, 6.07) is 0.317. The second kappa shape index (κ2) is 7.41. The van der Waals surface area contributed by atoms with Gasteiger partial charge in [0.1, 0.15) is 10.3 Å². The molecule has 1 aliphatic carbocycles. The van der Waals surface area contributed by atoms with Gasteiger partial charge in [0.2, 0.25) is 0 Å². The summed E-state index contributed by atoms with van der Waals surface area (Å²) in [5.41, 5.74) is -0.472. The normalized spacial score (nSPS) is 25.6. The topological polar surface area (TPSA) is 73.4 Å². The number of alkyl carbamates (subject to hydrolysis) is 1. The van der Waals surface area contributed by atoms with Crippen LogP contribution in [0.25, 0.3) is 0 Å². The Balaban J connectivity index is 2.41. The Bertz CT molecular complexity index is 377. The van der Waals surface area contributed by atoms with Gasteiger partial charge in [-0.3, -0.25) is 0 Å². The van der Waals surface area contributed by atoms with E-state index in [1.807, 2.05) is 41.5 Å². The standard InChI is InChI=1S/C16H32N2O3S/c1-11(18-22(20)16(5,6)7)12-8-9-13(10-12)17-14(19)21-15(2,3)4/h11-13,18H,8-10H2,1-7H3,(H,17,19)/t11-,12+,13-,22?/m0/s1. The fourth-order valence-electron chi connectivity index (χ4n) is 2.52. The molecule has 4 atom stereocenters. The van der Waals surface area contributed by atoms with E-state index in [0.717, 1.165) is 19.3 Å². The fourth-order valence-corrected chi connectivity index (χ4v) is 3.40. The maximum atomic E-state index is 12.2. The summed E-state index contributed by atoms with van der Waals surface area (Å²) in [4.78, 5) is 11.8. The van der Waals surface area contributed by atoms with Gasteiger partial charge in [-0.2, -0.15) is 0 Å². The molecule has 22 heavy (non-hydrogen) atoms. The number of amides is 1. The van der Waals surface area contributed by atoms with Crippen molar-refractivity contribution in [3.8, 4) is 0 Å². The lowest BCUT2D eigenvalue weighted by Gasteiger charge is -2.29. The summed E-state index contributed by atoms with van der Waals surface area (Å²) in [5.74, 6) is 0.422. The summed E-state index contributed by atoms with van der Waals surface area (Å²) < 4.78 is 20.4. The summed E-state index contributed by atoms with van der Waals surface area (Å²) in [6.45, 7) is 13.5. The quantitative estimate of drug-likeness (QED) is 0.776. The monoisotopic (exact) mass is 332 g/mol. The van der Waals surface area contributed by atoms with Gasteiger partial charge >= 0.3 is 6.09 Å². The molecule has 1 aliphatic rings. The van der Waals surface area contributed by atoms with Gasteiger partial charge in [0.05, 0.1) is 6.04 Å². The van der Waals surface area contributed by atoms with Crippen LogP contribution in [0.5, 0.6) is 0 Å². The van der Waals surface area contributed by atoms with Gasteiger partial charge in [0, 0.05) is 17.4 Å². The molecule has 0 radical (unpaired) electrons. The molecule has 1 rings (SSSR count). The molecule has 0 spiro atoms. The van der Waals surface area contributed by atoms with Crippen molar-refractivity contribution in [3.63, 3.8) is 0 Å². The third-order valence-electron chi connectivity index (χ3n) is 3.75. The smallest absolute Gasteiger partial charge is 0.407 e. The molecule has 0 aliphatic heterocycles. The van der Waals surface area contributed by atoms with Gasteiger partial charge in [-0.15, -0.1) is 4.72 Å². The van der Waals surface area contributed by atoms with Crippen LogP contribution in [0.1, 0.15) is 67.7 Å². The zero-order valence-electron chi connectivity index (χ0n) is 15.0. The highest BCUT2D eigenvalue weighted by atomic mass is 32.2. The van der Waals surface area contributed by atoms with Crippen LogP contribution in [0, 0.1) is 5.92 Å². The van der Waals surface area contributed by atoms with E-state index in [-0.39, 0.29) is 22.9 Å². The summed E-state index contributed by atoms with van der Waals surface area (Å²) >= 11 is -1.06. The van der Waals surface area contributed by atoms with Crippen LogP contribution in [0.3, 0.4) is 0 Å². The largest absolute Gasteiger partial charge is 0.598 e. The second-order valence-electron chi connectivity index (χ2n) is 8.20. The van der Waals surface area contributed by atoms with E-state index in [4.69, 9.17) is 4.74 Å². The number of hydrogen-bond donors (Lipinski definition) is 2. The molecular weight excluding hydrogens is 300 g/mol. The SMILES string of the molecule is C[C@H](N[S+]([O-])C(C)(C)C)[C@@H]1CC[C@H](NC(=O)OC(C)(C)C)C1. The molecule has 0 saturated heterocycles. The molecule has 0 bridgehead atoms. The summed E-state index contributed by atoms with van der Waals surface area (Å²) in [7, 11) is 0. The average molecular weight is 333 g/mol. The van der Waals surface area contributed by atoms with Crippen molar-refractivity contribution in [3.05, 3.63) is 0 Å². The second-order valence-corrected chi connectivity index (χ2v) is 10.2. The lowest BCUT2D eigenvalue weighted by atomic mass is 10.0. The minimum Gasteiger partial charge on any atom is -0.598 e. The Morgan fingerprint density at radius 1 is 1.23 bits per heavy atom. The highest BCUT2D eigenvalue weighted by Crippen LogP contribution is 2.29. The Kier molecular flexibility index (Phi) is 6.59. The highest BCUT2D eigenvalue weighted by molar-refractivity contribution is 7.90. The van der Waals surface area contributed by atoms with E-state index in [9.17, 15) is 9.35 Å². The van der Waals surface area contributed by atoms with Crippen LogP contribution in [0.4, 0.5) is 4.79 Å². The Labute approximate surface area is 138 Å². The first kappa shape index (κ1) is 19.6. The van der Waals surface area contributed by atoms with E-state index in [1.165, 1.54) is 0 Å². The molecule has 2 N–H and O–H groups in total. The van der Waals surface area contributed by atoms with Crippen LogP contribution < -0.4 is 10.0 Å². The van der Waals surface area contributed by atoms with Gasteiger partial charge in [0.15, 0.2) is 0 Å². The average Bonchev–Trinajstić information content (AvgIpc) is 2.73. The Morgan fingerprint density at radius 2 is 1.82 bits per heavy atom. The third kappa shape index (κ3) is 6.75. The van der Waals surface area contributed by atoms with Crippen molar-refractivity contribution in [1.82, 2.24) is 10.0 Å². The number of hydrogen-bond acceptors (Lipinski definition) is 4. The van der Waals surface area contributed by atoms with Crippen molar-refractivity contribution < 1.29 is 14.1 Å². The minimum atomic E-state index is -1.06. The van der Waals surface area contributed by atoms with Crippen molar-refractivity contribution >= 4 is 17.5 Å². The maximum absolute atomic E-state index is 12.2. The van der Waals surface area contributed by atoms with E-state index in [1.54, 1.807) is 0 Å². The van der Waals surface area contributed by atoms with Crippen LogP contribution >= 0.6 is 0 Å². The first-order valence-corrected chi connectivity index (χ1v) is 9.21. The Morgan fingerprint density at radius 3 is 2.32 bits per heavy atom. The van der Waals surface area contributed by atoms with Crippen LogP contribution in [0.2, 0.25) is 0 Å². The van der Waals surface area contributed by atoms with Crippen LogP contribution in [-0.2, 0) is 16.1 Å². The van der Waals surface area contributed by atoms with Gasteiger partial charge in [-0.1, -0.05) is 0 Å². The molecule has 0 aromatic heterocycles. The van der Waals surface area contributed by atoms with Crippen molar-refractivity contribution in [2.75, 3.05) is 0 Å². The number of nitrogens with one attached hydrogen (secondary N) is 2. The number of rotatable bonds is 4. The molecular formula is C16H32N2O3S. The van der Waals surface area contributed by atoms with Crippen LogP contribution in [-0.4, -0.2) is 33.1 Å². The lowest BCUT2D eigenvalue weighted by molar-refractivity contribution is 0.0504. The molecule has 1 amide bonds. The lowest BCUT2D eigenvalue weighted by Crippen LogP contribution is -2.46. The first-order valence-electron chi connectivity index (χ1n) is 8.06. The molecule has 0 aromatic carbocycles. The number of carbonyl (C=O) groups excluding carboxylic acids is 1. The number of ether oxygens (including phenoxy) is 1. The molecule has 0 aromatic rings. The van der Waals surface area contributed by atoms with E-state index < -0.39 is 17.0 Å². The first-order chi connectivity index (χ1) is 9.88. The molecule has 0 heterocycles. The minimum absolute atomic E-state index is 0.146. The van der Waals surface area contributed by atoms with Crippen LogP contribution in [0.15, 0.2) is 0 Å². The van der Waals surface area contributed by atoms with E-state index in [2.05, 4.69) is 17.0 Å². The molecule has 130 valence electrons. The van der Waals surface area contributed by atoms with Gasteiger partial charge in [0.25, 0.3) is 0 Å². The zero-order valence-corrected chi connectivity index (χ0v) is 15.8. The molecule has 6 heteroatoms. The van der Waals surface area contributed by atoms with Crippen molar-refractivity contribution in [2.45, 2.75) is 90.2 Å².